The van der Waals surface area contributed by atoms with E-state index in [1.54, 1.807) is 36.3 Å². The summed E-state index contributed by atoms with van der Waals surface area (Å²) in [5.74, 6) is 0.638. The van der Waals surface area contributed by atoms with Gasteiger partial charge in [0.1, 0.15) is 5.82 Å². The standard InChI is InChI=1S/C19H22N4O4/c1-14(15-4-3-5-17(12-15)23(25)26)21(2)19(24)16-6-7-18(20-13-16)22-8-10-27-11-9-22/h3-7,12-14H,8-11H2,1-2H3. The summed E-state index contributed by atoms with van der Waals surface area (Å²) in [6.45, 7) is 4.75. The molecule has 1 fully saturated rings. The molecule has 0 aliphatic carbocycles. The molecule has 0 saturated carbocycles. The van der Waals surface area contributed by atoms with E-state index in [2.05, 4.69) is 9.88 Å². The largest absolute Gasteiger partial charge is 0.378 e. The van der Waals surface area contributed by atoms with Gasteiger partial charge in [-0.05, 0) is 24.6 Å². The maximum Gasteiger partial charge on any atom is 0.269 e. The van der Waals surface area contributed by atoms with E-state index in [-0.39, 0.29) is 17.6 Å². The van der Waals surface area contributed by atoms with Crippen LogP contribution in [0, 0.1) is 10.1 Å². The van der Waals surface area contributed by atoms with Crippen molar-refractivity contribution in [1.82, 2.24) is 9.88 Å². The van der Waals surface area contributed by atoms with Crippen molar-refractivity contribution < 1.29 is 14.5 Å². The topological polar surface area (TPSA) is 88.8 Å². The summed E-state index contributed by atoms with van der Waals surface area (Å²) in [5, 5.41) is 11.0. The van der Waals surface area contributed by atoms with Crippen molar-refractivity contribution in [3.05, 3.63) is 63.8 Å². The summed E-state index contributed by atoms with van der Waals surface area (Å²) in [7, 11) is 1.68. The molecule has 0 N–H and O–H groups in total. The Morgan fingerprint density at radius 3 is 2.67 bits per heavy atom. The Kier molecular flexibility index (Phi) is 5.66. The highest BCUT2D eigenvalue weighted by Gasteiger charge is 2.21. The van der Waals surface area contributed by atoms with Crippen LogP contribution in [0.3, 0.4) is 0 Å². The smallest absolute Gasteiger partial charge is 0.269 e. The van der Waals surface area contributed by atoms with E-state index in [0.29, 0.717) is 24.3 Å². The van der Waals surface area contributed by atoms with Crippen molar-refractivity contribution in [2.75, 3.05) is 38.3 Å². The van der Waals surface area contributed by atoms with Crippen molar-refractivity contribution in [3.8, 4) is 0 Å². The molecule has 27 heavy (non-hydrogen) atoms. The number of non-ortho nitro benzene ring substituents is 1. The summed E-state index contributed by atoms with van der Waals surface area (Å²) >= 11 is 0. The van der Waals surface area contributed by atoms with Gasteiger partial charge in [-0.25, -0.2) is 4.98 Å². The first-order valence-electron chi connectivity index (χ1n) is 8.77. The van der Waals surface area contributed by atoms with Crippen molar-refractivity contribution >= 4 is 17.4 Å². The third-order valence-corrected chi connectivity index (χ3v) is 4.79. The fourth-order valence-electron chi connectivity index (χ4n) is 2.99. The van der Waals surface area contributed by atoms with Crippen LogP contribution < -0.4 is 4.90 Å². The number of aromatic nitrogens is 1. The zero-order valence-electron chi connectivity index (χ0n) is 15.4. The predicted molar refractivity (Wildman–Crippen MR) is 101 cm³/mol. The molecule has 8 nitrogen and oxygen atoms in total. The van der Waals surface area contributed by atoms with Gasteiger partial charge in [-0.15, -0.1) is 0 Å². The minimum Gasteiger partial charge on any atom is -0.378 e. The maximum atomic E-state index is 12.8. The Morgan fingerprint density at radius 2 is 2.04 bits per heavy atom. The second kappa shape index (κ2) is 8.13. The SMILES string of the molecule is CC(c1cccc([N+](=O)[O-])c1)N(C)C(=O)c1ccc(N2CCOCC2)nc1. The van der Waals surface area contributed by atoms with Crippen molar-refractivity contribution in [2.45, 2.75) is 13.0 Å². The van der Waals surface area contributed by atoms with Crippen LogP contribution in [0.2, 0.25) is 0 Å². The Hall–Kier alpha value is -3.00. The van der Waals surface area contributed by atoms with Crippen LogP contribution in [0.25, 0.3) is 0 Å². The number of nitro benzene ring substituents is 1. The molecule has 2 aromatic rings. The van der Waals surface area contributed by atoms with Gasteiger partial charge in [0.25, 0.3) is 11.6 Å². The minimum absolute atomic E-state index is 0.0109. The van der Waals surface area contributed by atoms with Crippen LogP contribution in [0.15, 0.2) is 42.6 Å². The zero-order chi connectivity index (χ0) is 19.4. The number of nitro groups is 1. The molecule has 0 spiro atoms. The predicted octanol–water partition coefficient (Wildman–Crippen LogP) is 2.66. The molecular weight excluding hydrogens is 348 g/mol. The zero-order valence-corrected chi connectivity index (χ0v) is 15.4. The molecule has 1 aromatic carbocycles. The third-order valence-electron chi connectivity index (χ3n) is 4.79. The highest BCUT2D eigenvalue weighted by atomic mass is 16.6. The van der Waals surface area contributed by atoms with Crippen LogP contribution in [-0.4, -0.2) is 54.1 Å². The summed E-state index contributed by atoms with van der Waals surface area (Å²) in [6, 6.07) is 9.63. The van der Waals surface area contributed by atoms with Crippen LogP contribution in [0.5, 0.6) is 0 Å². The molecule has 1 aliphatic rings. The minimum atomic E-state index is -0.438. The fourth-order valence-corrected chi connectivity index (χ4v) is 2.99. The monoisotopic (exact) mass is 370 g/mol. The lowest BCUT2D eigenvalue weighted by atomic mass is 10.1. The number of carbonyl (C=O) groups is 1. The second-order valence-electron chi connectivity index (χ2n) is 6.45. The lowest BCUT2D eigenvalue weighted by Crippen LogP contribution is -2.36. The molecule has 1 aliphatic heterocycles. The van der Waals surface area contributed by atoms with E-state index >= 15 is 0 Å². The lowest BCUT2D eigenvalue weighted by molar-refractivity contribution is -0.384. The first-order chi connectivity index (χ1) is 13.0. The molecule has 8 heteroatoms. The number of ether oxygens (including phenoxy) is 1. The van der Waals surface area contributed by atoms with E-state index < -0.39 is 4.92 Å². The highest BCUT2D eigenvalue weighted by molar-refractivity contribution is 5.94. The molecule has 1 atom stereocenters. The molecule has 1 unspecified atom stereocenters. The lowest BCUT2D eigenvalue weighted by Gasteiger charge is -2.28. The van der Waals surface area contributed by atoms with Crippen molar-refractivity contribution in [1.29, 1.82) is 0 Å². The highest BCUT2D eigenvalue weighted by Crippen LogP contribution is 2.24. The number of benzene rings is 1. The molecule has 1 aromatic heterocycles. The fraction of sp³-hybridized carbons (Fsp3) is 0.368. The average Bonchev–Trinajstić information content (AvgIpc) is 2.73. The molecule has 1 amide bonds. The van der Waals surface area contributed by atoms with Gasteiger partial charge in [-0.3, -0.25) is 14.9 Å². The van der Waals surface area contributed by atoms with E-state index in [0.717, 1.165) is 18.9 Å². The molecule has 0 bridgehead atoms. The normalized spacial score (nSPS) is 15.3. The molecule has 2 heterocycles. The van der Waals surface area contributed by atoms with Gasteiger partial charge in [0.15, 0.2) is 0 Å². The number of amides is 1. The second-order valence-corrected chi connectivity index (χ2v) is 6.45. The number of hydrogen-bond acceptors (Lipinski definition) is 6. The van der Waals surface area contributed by atoms with Gasteiger partial charge in [0.2, 0.25) is 0 Å². The van der Waals surface area contributed by atoms with Gasteiger partial charge in [0.05, 0.1) is 29.7 Å². The van der Waals surface area contributed by atoms with Gasteiger partial charge in [-0.1, -0.05) is 12.1 Å². The Balaban J connectivity index is 1.72. The van der Waals surface area contributed by atoms with E-state index in [1.807, 2.05) is 13.0 Å². The van der Waals surface area contributed by atoms with Crippen molar-refractivity contribution in [3.63, 3.8) is 0 Å². The van der Waals surface area contributed by atoms with Gasteiger partial charge in [0, 0.05) is 38.5 Å². The number of nitrogens with zero attached hydrogens (tertiary/aromatic N) is 4. The first-order valence-corrected chi connectivity index (χ1v) is 8.77. The first kappa shape index (κ1) is 18.8. The van der Waals surface area contributed by atoms with Gasteiger partial charge >= 0.3 is 0 Å². The molecule has 3 rings (SSSR count). The van der Waals surface area contributed by atoms with Crippen LogP contribution in [-0.2, 0) is 4.74 Å². The number of morpholine rings is 1. The summed E-state index contributed by atoms with van der Waals surface area (Å²) < 4.78 is 5.33. The Morgan fingerprint density at radius 1 is 1.30 bits per heavy atom. The quantitative estimate of drug-likeness (QED) is 0.594. The summed E-state index contributed by atoms with van der Waals surface area (Å²) in [4.78, 5) is 31.4. The van der Waals surface area contributed by atoms with Crippen LogP contribution >= 0.6 is 0 Å². The molecule has 0 radical (unpaired) electrons. The van der Waals surface area contributed by atoms with E-state index in [4.69, 9.17) is 4.74 Å². The van der Waals surface area contributed by atoms with Gasteiger partial charge in [-0.2, -0.15) is 0 Å². The number of carbonyl (C=O) groups excluding carboxylic acids is 1. The van der Waals surface area contributed by atoms with Crippen molar-refractivity contribution in [2.24, 2.45) is 0 Å². The Labute approximate surface area is 157 Å². The number of rotatable bonds is 5. The van der Waals surface area contributed by atoms with Gasteiger partial charge < -0.3 is 14.5 Å². The number of anilines is 1. The summed E-state index contributed by atoms with van der Waals surface area (Å²) in [5.41, 5.74) is 1.20. The van der Waals surface area contributed by atoms with E-state index in [9.17, 15) is 14.9 Å². The average molecular weight is 370 g/mol. The van der Waals surface area contributed by atoms with E-state index in [1.165, 1.54) is 12.1 Å². The molecule has 1 saturated heterocycles. The number of pyridine rings is 1. The van der Waals surface area contributed by atoms with Crippen LogP contribution in [0.4, 0.5) is 11.5 Å². The maximum absolute atomic E-state index is 12.8. The third kappa shape index (κ3) is 4.22. The number of hydrogen-bond donors (Lipinski definition) is 0. The Bertz CT molecular complexity index is 819. The summed E-state index contributed by atoms with van der Waals surface area (Å²) in [6.07, 6.45) is 1.57. The van der Waals surface area contributed by atoms with Crippen LogP contribution in [0.1, 0.15) is 28.9 Å². The molecule has 142 valence electrons. The molecular formula is C19H22N4O4.